The highest BCUT2D eigenvalue weighted by molar-refractivity contribution is 7.89. The summed E-state index contributed by atoms with van der Waals surface area (Å²) >= 11 is 0. The minimum Gasteiger partial charge on any atom is -0.355 e. The van der Waals surface area contributed by atoms with Crippen molar-refractivity contribution in [3.05, 3.63) is 12.4 Å². The van der Waals surface area contributed by atoms with Crippen LogP contribution in [-0.2, 0) is 21.4 Å². The highest BCUT2D eigenvalue weighted by Gasteiger charge is 2.54. The van der Waals surface area contributed by atoms with Gasteiger partial charge in [-0.3, -0.25) is 9.48 Å². The van der Waals surface area contributed by atoms with Crippen molar-refractivity contribution in [2.75, 3.05) is 39.0 Å². The number of likely N-dealkylation sites (N-methyl/N-ethyl adjacent to an activating group) is 1. The van der Waals surface area contributed by atoms with Crippen LogP contribution in [0.4, 0.5) is 0 Å². The number of carbonyl (C=O) groups excluding carboxylic acids is 1. The molecule has 2 fully saturated rings. The summed E-state index contributed by atoms with van der Waals surface area (Å²) in [5.74, 6) is 0.0678. The SMILES string of the molecule is CCS(=O)(=O)N1CCC[C@@]2(C(=O)NCCCn3ccnn3)CCN(C)C[C@H]12. The lowest BCUT2D eigenvalue weighted by Gasteiger charge is -2.52. The van der Waals surface area contributed by atoms with Crippen molar-refractivity contribution in [1.29, 1.82) is 0 Å². The molecule has 0 radical (unpaired) electrons. The van der Waals surface area contributed by atoms with Crippen LogP contribution in [0.3, 0.4) is 0 Å². The fourth-order valence-electron chi connectivity index (χ4n) is 4.33. The van der Waals surface area contributed by atoms with Crippen LogP contribution in [0.2, 0.25) is 0 Å². The number of sulfonamides is 1. The third-order valence-corrected chi connectivity index (χ3v) is 7.79. The van der Waals surface area contributed by atoms with Gasteiger partial charge in [-0.25, -0.2) is 8.42 Å². The number of hydrogen-bond donors (Lipinski definition) is 1. The molecule has 0 bridgehead atoms. The van der Waals surface area contributed by atoms with Crippen LogP contribution >= 0.6 is 0 Å². The standard InChI is InChI=1S/C17H30N6O3S/c1-3-27(25,26)23-11-4-6-17(7-12-21(2)14-15(17)23)16(24)18-8-5-10-22-13-9-19-20-22/h9,13,15H,3-8,10-12,14H2,1-2H3,(H,18,24)/t15-,17+/m0/s1. The summed E-state index contributed by atoms with van der Waals surface area (Å²) in [5.41, 5.74) is -0.625. The Hall–Kier alpha value is -1.52. The molecular weight excluding hydrogens is 368 g/mol. The molecule has 27 heavy (non-hydrogen) atoms. The molecule has 0 aromatic carbocycles. The van der Waals surface area contributed by atoms with Crippen LogP contribution in [0.25, 0.3) is 0 Å². The topological polar surface area (TPSA) is 100 Å². The molecule has 9 nitrogen and oxygen atoms in total. The Morgan fingerprint density at radius 3 is 2.85 bits per heavy atom. The molecule has 1 amide bonds. The molecule has 0 spiro atoms. The molecular formula is C17H30N6O3S. The summed E-state index contributed by atoms with van der Waals surface area (Å²) in [6.07, 6.45) is 6.35. The van der Waals surface area contributed by atoms with Crippen molar-refractivity contribution < 1.29 is 13.2 Å². The van der Waals surface area contributed by atoms with E-state index in [4.69, 9.17) is 0 Å². The molecule has 1 aromatic rings. The Balaban J connectivity index is 1.70. The normalized spacial score (nSPS) is 27.3. The number of hydrogen-bond acceptors (Lipinski definition) is 6. The van der Waals surface area contributed by atoms with E-state index in [1.54, 1.807) is 28.3 Å². The second-order valence-corrected chi connectivity index (χ2v) is 9.78. The number of nitrogens with one attached hydrogen (secondary N) is 1. The number of amides is 1. The number of aryl methyl sites for hydroxylation is 1. The fourth-order valence-corrected chi connectivity index (χ4v) is 5.73. The van der Waals surface area contributed by atoms with E-state index in [-0.39, 0.29) is 17.7 Å². The van der Waals surface area contributed by atoms with Crippen molar-refractivity contribution >= 4 is 15.9 Å². The molecule has 0 unspecified atom stereocenters. The predicted molar refractivity (Wildman–Crippen MR) is 101 cm³/mol. The van der Waals surface area contributed by atoms with E-state index in [0.29, 0.717) is 32.6 Å². The van der Waals surface area contributed by atoms with E-state index < -0.39 is 15.4 Å². The molecule has 152 valence electrons. The highest BCUT2D eigenvalue weighted by Crippen LogP contribution is 2.43. The molecule has 10 heteroatoms. The molecule has 1 N–H and O–H groups in total. The number of piperidine rings is 2. The molecule has 3 rings (SSSR count). The van der Waals surface area contributed by atoms with Crippen molar-refractivity contribution in [1.82, 2.24) is 29.5 Å². The molecule has 0 saturated carbocycles. The van der Waals surface area contributed by atoms with Crippen molar-refractivity contribution in [2.45, 2.75) is 45.2 Å². The maximum Gasteiger partial charge on any atom is 0.227 e. The Morgan fingerprint density at radius 1 is 1.33 bits per heavy atom. The van der Waals surface area contributed by atoms with Crippen LogP contribution in [0.1, 0.15) is 32.6 Å². The van der Waals surface area contributed by atoms with Crippen molar-refractivity contribution in [3.8, 4) is 0 Å². The first-order chi connectivity index (χ1) is 12.9. The van der Waals surface area contributed by atoms with Gasteiger partial charge < -0.3 is 10.2 Å². The van der Waals surface area contributed by atoms with Gasteiger partial charge in [-0.15, -0.1) is 5.10 Å². The van der Waals surface area contributed by atoms with Gasteiger partial charge in [-0.1, -0.05) is 5.21 Å². The van der Waals surface area contributed by atoms with Crippen LogP contribution in [-0.4, -0.2) is 83.5 Å². The number of aromatic nitrogens is 3. The minimum absolute atomic E-state index is 0.00445. The monoisotopic (exact) mass is 398 g/mol. The number of nitrogens with zero attached hydrogens (tertiary/aromatic N) is 5. The third kappa shape index (κ3) is 4.17. The molecule has 0 aliphatic carbocycles. The first kappa shape index (κ1) is 20.2. The Kier molecular flexibility index (Phi) is 6.17. The largest absolute Gasteiger partial charge is 0.355 e. The van der Waals surface area contributed by atoms with Gasteiger partial charge in [0.05, 0.1) is 23.4 Å². The number of rotatable bonds is 7. The lowest BCUT2D eigenvalue weighted by Crippen LogP contribution is -2.66. The van der Waals surface area contributed by atoms with E-state index in [2.05, 4.69) is 20.5 Å². The Bertz CT molecular complexity index is 738. The van der Waals surface area contributed by atoms with Crippen LogP contribution in [0, 0.1) is 5.41 Å². The summed E-state index contributed by atoms with van der Waals surface area (Å²) in [4.78, 5) is 15.3. The first-order valence-electron chi connectivity index (χ1n) is 9.69. The van der Waals surface area contributed by atoms with Gasteiger partial charge in [0, 0.05) is 32.4 Å². The van der Waals surface area contributed by atoms with Gasteiger partial charge in [-0.2, -0.15) is 4.31 Å². The molecule has 2 saturated heterocycles. The number of carbonyl (C=O) groups is 1. The molecule has 2 atom stereocenters. The zero-order valence-corrected chi connectivity index (χ0v) is 17.0. The zero-order valence-electron chi connectivity index (χ0n) is 16.2. The fraction of sp³-hybridized carbons (Fsp3) is 0.824. The summed E-state index contributed by atoms with van der Waals surface area (Å²) in [5, 5.41) is 10.8. The summed E-state index contributed by atoms with van der Waals surface area (Å²) in [6, 6.07) is -0.287. The predicted octanol–water partition coefficient (Wildman–Crippen LogP) is -0.0796. The average Bonchev–Trinajstić information content (AvgIpc) is 3.18. The number of fused-ring (bicyclic) bond motifs is 1. The molecule has 2 aliphatic rings. The van der Waals surface area contributed by atoms with E-state index in [0.717, 1.165) is 25.8 Å². The second kappa shape index (κ2) is 8.24. The molecule has 1 aromatic heterocycles. The van der Waals surface area contributed by atoms with Crippen LogP contribution in [0.5, 0.6) is 0 Å². The smallest absolute Gasteiger partial charge is 0.227 e. The van der Waals surface area contributed by atoms with Crippen LogP contribution < -0.4 is 5.32 Å². The lowest BCUT2D eigenvalue weighted by molar-refractivity contribution is -0.141. The van der Waals surface area contributed by atoms with E-state index in [9.17, 15) is 13.2 Å². The van der Waals surface area contributed by atoms with E-state index in [1.165, 1.54) is 0 Å². The summed E-state index contributed by atoms with van der Waals surface area (Å²) in [6.45, 7) is 4.83. The maximum atomic E-state index is 13.2. The van der Waals surface area contributed by atoms with Gasteiger partial charge in [0.2, 0.25) is 15.9 Å². The van der Waals surface area contributed by atoms with Crippen molar-refractivity contribution in [3.63, 3.8) is 0 Å². The van der Waals surface area contributed by atoms with E-state index in [1.807, 2.05) is 7.05 Å². The minimum atomic E-state index is -3.33. The Labute approximate surface area is 161 Å². The molecule has 3 heterocycles. The zero-order chi connectivity index (χ0) is 19.5. The van der Waals surface area contributed by atoms with Gasteiger partial charge in [0.25, 0.3) is 0 Å². The third-order valence-electron chi connectivity index (χ3n) is 5.91. The van der Waals surface area contributed by atoms with Gasteiger partial charge in [0.15, 0.2) is 0 Å². The summed E-state index contributed by atoms with van der Waals surface area (Å²) < 4.78 is 28.6. The Morgan fingerprint density at radius 2 is 2.15 bits per heavy atom. The first-order valence-corrected chi connectivity index (χ1v) is 11.3. The van der Waals surface area contributed by atoms with Gasteiger partial charge in [0.1, 0.15) is 0 Å². The van der Waals surface area contributed by atoms with Gasteiger partial charge >= 0.3 is 0 Å². The molecule has 2 aliphatic heterocycles. The lowest BCUT2D eigenvalue weighted by atomic mass is 9.68. The van der Waals surface area contributed by atoms with Gasteiger partial charge in [-0.05, 0) is 46.2 Å². The van der Waals surface area contributed by atoms with Crippen molar-refractivity contribution in [2.24, 2.45) is 5.41 Å². The average molecular weight is 399 g/mol. The maximum absolute atomic E-state index is 13.2. The van der Waals surface area contributed by atoms with E-state index >= 15 is 0 Å². The second-order valence-electron chi connectivity index (χ2n) is 7.57. The highest BCUT2D eigenvalue weighted by atomic mass is 32.2. The van der Waals surface area contributed by atoms with Crippen LogP contribution in [0.15, 0.2) is 12.4 Å². The summed E-state index contributed by atoms with van der Waals surface area (Å²) in [7, 11) is -1.34. The quantitative estimate of drug-likeness (QED) is 0.645. The number of likely N-dealkylation sites (tertiary alicyclic amines) is 1.